The van der Waals surface area contributed by atoms with Gasteiger partial charge in [-0.3, -0.25) is 9.48 Å². The number of aromatic nitrogens is 2. The lowest BCUT2D eigenvalue weighted by atomic mass is 9.84. The molecule has 0 aliphatic carbocycles. The quantitative estimate of drug-likeness (QED) is 0.459. The van der Waals surface area contributed by atoms with E-state index in [2.05, 4.69) is 5.10 Å². The van der Waals surface area contributed by atoms with Crippen LogP contribution >= 0.6 is 0 Å². The summed E-state index contributed by atoms with van der Waals surface area (Å²) in [6, 6.07) is 22.0. The molecule has 0 saturated heterocycles. The van der Waals surface area contributed by atoms with Crippen LogP contribution in [0.1, 0.15) is 34.3 Å². The third-order valence-corrected chi connectivity index (χ3v) is 4.82. The van der Waals surface area contributed by atoms with Gasteiger partial charge in [0.25, 0.3) is 0 Å². The fourth-order valence-electron chi connectivity index (χ4n) is 3.48. The molecule has 0 unspecified atom stereocenters. The zero-order chi connectivity index (χ0) is 18.8. The van der Waals surface area contributed by atoms with Gasteiger partial charge in [-0.25, -0.2) is 4.39 Å². The van der Waals surface area contributed by atoms with Gasteiger partial charge in [-0.05, 0) is 30.2 Å². The number of benzene rings is 3. The number of nitrogens with zero attached hydrogens (tertiary/aromatic N) is 2. The van der Waals surface area contributed by atoms with E-state index in [1.807, 2.05) is 61.5 Å². The molecule has 1 atom stereocenters. The van der Waals surface area contributed by atoms with Crippen LogP contribution < -0.4 is 0 Å². The summed E-state index contributed by atoms with van der Waals surface area (Å²) in [7, 11) is 0. The lowest BCUT2D eigenvalue weighted by Gasteiger charge is -2.18. The van der Waals surface area contributed by atoms with Crippen molar-refractivity contribution in [2.24, 2.45) is 0 Å². The maximum absolute atomic E-state index is 14.8. The zero-order valence-corrected chi connectivity index (χ0v) is 15.0. The van der Waals surface area contributed by atoms with Crippen molar-refractivity contribution >= 4 is 16.7 Å². The van der Waals surface area contributed by atoms with Gasteiger partial charge in [0.15, 0.2) is 5.78 Å². The number of halogens is 1. The minimum atomic E-state index is -0.576. The Morgan fingerprint density at radius 1 is 1.00 bits per heavy atom. The molecule has 0 aliphatic heterocycles. The Bertz CT molecular complexity index is 1090. The molecule has 4 rings (SSSR count). The van der Waals surface area contributed by atoms with Crippen LogP contribution in [-0.4, -0.2) is 15.6 Å². The highest BCUT2D eigenvalue weighted by Gasteiger charge is 2.25. The molecule has 0 fully saturated rings. The van der Waals surface area contributed by atoms with E-state index in [1.54, 1.807) is 16.8 Å². The summed E-state index contributed by atoms with van der Waals surface area (Å²) < 4.78 is 16.5. The van der Waals surface area contributed by atoms with Crippen LogP contribution in [0.25, 0.3) is 10.9 Å². The molecule has 0 N–H and O–H groups in total. The Hall–Kier alpha value is -3.27. The summed E-state index contributed by atoms with van der Waals surface area (Å²) in [4.78, 5) is 13.3. The van der Waals surface area contributed by atoms with E-state index in [-0.39, 0.29) is 11.6 Å². The molecule has 0 bridgehead atoms. The Balaban J connectivity index is 1.91. The van der Waals surface area contributed by atoms with E-state index >= 15 is 0 Å². The van der Waals surface area contributed by atoms with Crippen LogP contribution in [0.5, 0.6) is 0 Å². The third-order valence-electron chi connectivity index (χ3n) is 4.82. The highest BCUT2D eigenvalue weighted by Crippen LogP contribution is 2.32. The highest BCUT2D eigenvalue weighted by molar-refractivity contribution is 6.03. The summed E-state index contributed by atoms with van der Waals surface area (Å²) in [6.45, 7) is 2.59. The Morgan fingerprint density at radius 2 is 1.67 bits per heavy atom. The largest absolute Gasteiger partial charge is 0.293 e. The van der Waals surface area contributed by atoms with Gasteiger partial charge >= 0.3 is 0 Å². The van der Waals surface area contributed by atoms with Crippen molar-refractivity contribution in [1.82, 2.24) is 9.78 Å². The van der Waals surface area contributed by atoms with Crippen molar-refractivity contribution in [2.75, 3.05) is 0 Å². The number of ketones is 1. The molecule has 0 spiro atoms. The first-order valence-electron chi connectivity index (χ1n) is 8.98. The molecule has 1 aromatic heterocycles. The molecule has 4 aromatic rings. The number of carbonyl (C=O) groups is 1. The molecule has 134 valence electrons. The first-order chi connectivity index (χ1) is 13.2. The maximum atomic E-state index is 14.8. The average molecular weight is 358 g/mol. The van der Waals surface area contributed by atoms with Crippen molar-refractivity contribution in [3.63, 3.8) is 0 Å². The second-order valence-electron chi connectivity index (χ2n) is 6.47. The number of rotatable bonds is 5. The van der Waals surface area contributed by atoms with Crippen LogP contribution in [0.15, 0.2) is 79.0 Å². The Morgan fingerprint density at radius 3 is 2.33 bits per heavy atom. The number of hydrogen-bond donors (Lipinski definition) is 0. The summed E-state index contributed by atoms with van der Waals surface area (Å²) in [5.74, 6) is -0.986. The second kappa shape index (κ2) is 7.16. The number of aryl methyl sites for hydroxylation is 1. The Kier molecular flexibility index (Phi) is 4.55. The monoisotopic (exact) mass is 358 g/mol. The SMILES string of the molecule is CCn1ncc2c(F)cc([C@H](C(=O)c3ccccc3)c3ccccc3)cc21. The molecular formula is C23H19FN2O. The molecule has 27 heavy (non-hydrogen) atoms. The van der Waals surface area contributed by atoms with E-state index in [0.717, 1.165) is 5.56 Å². The normalized spacial score (nSPS) is 12.2. The van der Waals surface area contributed by atoms with Gasteiger partial charge in [0, 0.05) is 12.1 Å². The molecule has 0 aliphatic rings. The van der Waals surface area contributed by atoms with Crippen LogP contribution in [0.2, 0.25) is 0 Å². The number of carbonyl (C=O) groups excluding carboxylic acids is 1. The van der Waals surface area contributed by atoms with Gasteiger partial charge in [0.1, 0.15) is 5.82 Å². The van der Waals surface area contributed by atoms with Crippen LogP contribution in [0.3, 0.4) is 0 Å². The highest BCUT2D eigenvalue weighted by atomic mass is 19.1. The average Bonchev–Trinajstić information content (AvgIpc) is 3.13. The maximum Gasteiger partial charge on any atom is 0.174 e. The smallest absolute Gasteiger partial charge is 0.174 e. The second-order valence-corrected chi connectivity index (χ2v) is 6.47. The van der Waals surface area contributed by atoms with Crippen molar-refractivity contribution in [2.45, 2.75) is 19.4 Å². The summed E-state index contributed by atoms with van der Waals surface area (Å²) in [6.07, 6.45) is 1.54. The predicted octanol–water partition coefficient (Wildman–Crippen LogP) is 5.21. The topological polar surface area (TPSA) is 34.9 Å². The van der Waals surface area contributed by atoms with Crippen LogP contribution in [0.4, 0.5) is 4.39 Å². The Labute approximate surface area is 157 Å². The van der Waals surface area contributed by atoms with Gasteiger partial charge < -0.3 is 0 Å². The van der Waals surface area contributed by atoms with Gasteiger partial charge in [-0.1, -0.05) is 60.7 Å². The van der Waals surface area contributed by atoms with E-state index in [1.165, 1.54) is 12.3 Å². The van der Waals surface area contributed by atoms with E-state index in [9.17, 15) is 9.18 Å². The summed E-state index contributed by atoms with van der Waals surface area (Å²) in [5, 5.41) is 4.71. The van der Waals surface area contributed by atoms with Crippen molar-refractivity contribution in [3.05, 3.63) is 102 Å². The van der Waals surface area contributed by atoms with Gasteiger partial charge in [-0.15, -0.1) is 0 Å². The van der Waals surface area contributed by atoms with Crippen molar-refractivity contribution in [1.29, 1.82) is 0 Å². The molecule has 0 radical (unpaired) electrons. The fraction of sp³-hybridized carbons (Fsp3) is 0.130. The van der Waals surface area contributed by atoms with E-state index in [0.29, 0.717) is 28.6 Å². The van der Waals surface area contributed by atoms with Crippen molar-refractivity contribution in [3.8, 4) is 0 Å². The molecule has 3 aromatic carbocycles. The number of hydrogen-bond acceptors (Lipinski definition) is 2. The van der Waals surface area contributed by atoms with E-state index in [4.69, 9.17) is 0 Å². The minimum Gasteiger partial charge on any atom is -0.293 e. The predicted molar refractivity (Wildman–Crippen MR) is 104 cm³/mol. The molecule has 0 amide bonds. The van der Waals surface area contributed by atoms with Crippen LogP contribution in [-0.2, 0) is 6.54 Å². The number of fused-ring (bicyclic) bond motifs is 1. The standard InChI is InChI=1S/C23H19FN2O/c1-2-26-21-14-18(13-20(24)19(21)15-25-26)22(16-9-5-3-6-10-16)23(27)17-11-7-4-8-12-17/h3-15,22H,2H2,1H3/t22-/m1/s1. The lowest BCUT2D eigenvalue weighted by Crippen LogP contribution is -2.15. The van der Waals surface area contributed by atoms with Crippen molar-refractivity contribution < 1.29 is 9.18 Å². The minimum absolute atomic E-state index is 0.0527. The van der Waals surface area contributed by atoms with E-state index < -0.39 is 5.92 Å². The van der Waals surface area contributed by atoms with Gasteiger partial charge in [-0.2, -0.15) is 5.10 Å². The van der Waals surface area contributed by atoms with Gasteiger partial charge in [0.2, 0.25) is 0 Å². The first-order valence-corrected chi connectivity index (χ1v) is 8.98. The molecular weight excluding hydrogens is 339 g/mol. The lowest BCUT2D eigenvalue weighted by molar-refractivity contribution is 0.0974. The fourth-order valence-corrected chi connectivity index (χ4v) is 3.48. The van der Waals surface area contributed by atoms with Gasteiger partial charge in [0.05, 0.1) is 23.0 Å². The summed E-state index contributed by atoms with van der Waals surface area (Å²) >= 11 is 0. The van der Waals surface area contributed by atoms with Crippen LogP contribution in [0, 0.1) is 5.82 Å². The summed E-state index contributed by atoms with van der Waals surface area (Å²) in [5.41, 5.74) is 2.79. The first kappa shape index (κ1) is 17.2. The number of Topliss-reactive ketones (excluding diaryl/α,β-unsaturated/α-hetero) is 1. The molecule has 4 heteroatoms. The molecule has 1 heterocycles. The zero-order valence-electron chi connectivity index (χ0n) is 15.0. The third kappa shape index (κ3) is 3.14. The molecule has 0 saturated carbocycles. The molecule has 3 nitrogen and oxygen atoms in total.